The maximum Gasteiger partial charge on any atom is 0.0316 e. The van der Waals surface area contributed by atoms with Gasteiger partial charge in [0.15, 0.2) is 0 Å². The Balaban J connectivity index is 2.15. The zero-order valence-corrected chi connectivity index (χ0v) is 9.66. The molecule has 82 valence electrons. The van der Waals surface area contributed by atoms with Gasteiger partial charge in [-0.3, -0.25) is 0 Å². The first-order valence-corrected chi connectivity index (χ1v) is 5.86. The molecule has 2 rings (SSSR count). The van der Waals surface area contributed by atoms with Gasteiger partial charge in [-0.05, 0) is 49.2 Å². The first-order chi connectivity index (χ1) is 7.24. The molecular weight excluding hydrogens is 184 g/mol. The van der Waals surface area contributed by atoms with E-state index in [1.807, 2.05) is 6.07 Å². The summed E-state index contributed by atoms with van der Waals surface area (Å²) in [5.74, 6) is 0. The summed E-state index contributed by atoms with van der Waals surface area (Å²) < 4.78 is 0. The largest absolute Gasteiger partial charge is 0.399 e. The van der Waals surface area contributed by atoms with Crippen LogP contribution < -0.4 is 5.73 Å². The standard InChI is InChI=1S/C13H20N2/c1-3-15(4-2)13-8-10-5-6-12(14)7-11(10)9-13/h5-7,13H,3-4,8-9,14H2,1-2H3. The Morgan fingerprint density at radius 2 is 1.87 bits per heavy atom. The molecule has 2 heteroatoms. The Labute approximate surface area is 92.1 Å². The highest BCUT2D eigenvalue weighted by Gasteiger charge is 2.24. The van der Waals surface area contributed by atoms with Gasteiger partial charge in [-0.15, -0.1) is 0 Å². The van der Waals surface area contributed by atoms with Gasteiger partial charge in [0.05, 0.1) is 0 Å². The molecule has 0 radical (unpaired) electrons. The zero-order chi connectivity index (χ0) is 10.8. The summed E-state index contributed by atoms with van der Waals surface area (Å²) in [6.45, 7) is 6.76. The highest BCUT2D eigenvalue weighted by Crippen LogP contribution is 2.27. The van der Waals surface area contributed by atoms with Crippen molar-refractivity contribution in [3.8, 4) is 0 Å². The van der Waals surface area contributed by atoms with Gasteiger partial charge >= 0.3 is 0 Å². The summed E-state index contributed by atoms with van der Waals surface area (Å²) >= 11 is 0. The third-order valence-electron chi connectivity index (χ3n) is 3.47. The molecule has 0 aliphatic heterocycles. The molecule has 1 unspecified atom stereocenters. The number of anilines is 1. The summed E-state index contributed by atoms with van der Waals surface area (Å²) in [6.07, 6.45) is 2.36. The maximum atomic E-state index is 5.80. The minimum atomic E-state index is 0.691. The summed E-state index contributed by atoms with van der Waals surface area (Å²) in [5.41, 5.74) is 9.64. The topological polar surface area (TPSA) is 29.3 Å². The van der Waals surface area contributed by atoms with E-state index in [9.17, 15) is 0 Å². The minimum absolute atomic E-state index is 0.691. The molecule has 0 amide bonds. The van der Waals surface area contributed by atoms with Crippen molar-refractivity contribution in [1.82, 2.24) is 4.90 Å². The smallest absolute Gasteiger partial charge is 0.0316 e. The van der Waals surface area contributed by atoms with Gasteiger partial charge < -0.3 is 10.6 Å². The number of fused-ring (bicyclic) bond motifs is 1. The molecule has 0 saturated carbocycles. The molecule has 0 aromatic heterocycles. The van der Waals surface area contributed by atoms with E-state index >= 15 is 0 Å². The number of rotatable bonds is 3. The SMILES string of the molecule is CCN(CC)C1Cc2ccc(N)cc2C1. The Kier molecular flexibility index (Phi) is 2.96. The van der Waals surface area contributed by atoms with E-state index < -0.39 is 0 Å². The molecule has 0 bridgehead atoms. The van der Waals surface area contributed by atoms with Gasteiger partial charge in [0.1, 0.15) is 0 Å². The lowest BCUT2D eigenvalue weighted by Gasteiger charge is -2.25. The quantitative estimate of drug-likeness (QED) is 0.764. The molecule has 1 aliphatic carbocycles. The van der Waals surface area contributed by atoms with Crippen LogP contribution in [0.1, 0.15) is 25.0 Å². The van der Waals surface area contributed by atoms with Gasteiger partial charge in [0, 0.05) is 11.7 Å². The van der Waals surface area contributed by atoms with Crippen LogP contribution in [-0.2, 0) is 12.8 Å². The monoisotopic (exact) mass is 204 g/mol. The Bertz CT molecular complexity index is 342. The van der Waals surface area contributed by atoms with E-state index in [2.05, 4.69) is 30.9 Å². The van der Waals surface area contributed by atoms with Crippen LogP contribution in [0.15, 0.2) is 18.2 Å². The average molecular weight is 204 g/mol. The van der Waals surface area contributed by atoms with Gasteiger partial charge in [-0.25, -0.2) is 0 Å². The molecule has 1 aromatic rings. The molecule has 0 heterocycles. The fourth-order valence-corrected chi connectivity index (χ4v) is 2.61. The van der Waals surface area contributed by atoms with Crippen LogP contribution in [0.4, 0.5) is 5.69 Å². The van der Waals surface area contributed by atoms with Crippen LogP contribution in [0.3, 0.4) is 0 Å². The maximum absolute atomic E-state index is 5.80. The molecule has 1 aliphatic rings. The van der Waals surface area contributed by atoms with Crippen molar-refractivity contribution in [3.63, 3.8) is 0 Å². The van der Waals surface area contributed by atoms with Crippen molar-refractivity contribution < 1.29 is 0 Å². The van der Waals surface area contributed by atoms with Crippen molar-refractivity contribution in [1.29, 1.82) is 0 Å². The van der Waals surface area contributed by atoms with Gasteiger partial charge in [-0.2, -0.15) is 0 Å². The van der Waals surface area contributed by atoms with E-state index in [1.54, 1.807) is 0 Å². The van der Waals surface area contributed by atoms with Crippen molar-refractivity contribution in [3.05, 3.63) is 29.3 Å². The lowest BCUT2D eigenvalue weighted by atomic mass is 10.1. The number of nitrogens with two attached hydrogens (primary N) is 1. The van der Waals surface area contributed by atoms with Crippen molar-refractivity contribution in [2.75, 3.05) is 18.8 Å². The van der Waals surface area contributed by atoms with E-state index in [-0.39, 0.29) is 0 Å². The molecule has 2 nitrogen and oxygen atoms in total. The summed E-state index contributed by atoms with van der Waals surface area (Å²) in [6, 6.07) is 7.04. The van der Waals surface area contributed by atoms with Crippen LogP contribution in [-0.4, -0.2) is 24.0 Å². The van der Waals surface area contributed by atoms with Crippen LogP contribution >= 0.6 is 0 Å². The lowest BCUT2D eigenvalue weighted by Crippen LogP contribution is -2.35. The van der Waals surface area contributed by atoms with E-state index in [0.717, 1.165) is 18.8 Å². The minimum Gasteiger partial charge on any atom is -0.399 e. The third kappa shape index (κ3) is 2.00. The predicted molar refractivity (Wildman–Crippen MR) is 65.0 cm³/mol. The van der Waals surface area contributed by atoms with Crippen molar-refractivity contribution >= 4 is 5.69 Å². The van der Waals surface area contributed by atoms with Crippen molar-refractivity contribution in [2.24, 2.45) is 0 Å². The Morgan fingerprint density at radius 3 is 2.53 bits per heavy atom. The number of nitrogens with zero attached hydrogens (tertiary/aromatic N) is 1. The lowest BCUT2D eigenvalue weighted by molar-refractivity contribution is 0.223. The first kappa shape index (κ1) is 10.5. The van der Waals surface area contributed by atoms with Crippen LogP contribution in [0.2, 0.25) is 0 Å². The molecule has 1 atom stereocenters. The second-order valence-corrected chi connectivity index (χ2v) is 4.31. The highest BCUT2D eigenvalue weighted by molar-refractivity contribution is 5.47. The normalized spacial score (nSPS) is 19.5. The first-order valence-electron chi connectivity index (χ1n) is 5.86. The molecule has 0 saturated heterocycles. The summed E-state index contributed by atoms with van der Waals surface area (Å²) in [5, 5.41) is 0. The number of likely N-dealkylation sites (N-methyl/N-ethyl adjacent to an activating group) is 1. The average Bonchev–Trinajstić information content (AvgIpc) is 2.62. The summed E-state index contributed by atoms with van der Waals surface area (Å²) in [7, 11) is 0. The number of benzene rings is 1. The summed E-state index contributed by atoms with van der Waals surface area (Å²) in [4.78, 5) is 2.54. The number of hydrogen-bond acceptors (Lipinski definition) is 2. The Morgan fingerprint density at radius 1 is 1.20 bits per heavy atom. The molecule has 2 N–H and O–H groups in total. The fourth-order valence-electron chi connectivity index (χ4n) is 2.61. The molecule has 15 heavy (non-hydrogen) atoms. The van der Waals surface area contributed by atoms with E-state index in [0.29, 0.717) is 6.04 Å². The van der Waals surface area contributed by atoms with Crippen LogP contribution in [0, 0.1) is 0 Å². The molecule has 0 fully saturated rings. The predicted octanol–water partition coefficient (Wildman–Crippen LogP) is 2.08. The molecule has 0 spiro atoms. The Hall–Kier alpha value is -1.02. The van der Waals surface area contributed by atoms with Gasteiger partial charge in [-0.1, -0.05) is 19.9 Å². The second-order valence-electron chi connectivity index (χ2n) is 4.31. The second kappa shape index (κ2) is 4.23. The van der Waals surface area contributed by atoms with Crippen LogP contribution in [0.25, 0.3) is 0 Å². The zero-order valence-electron chi connectivity index (χ0n) is 9.66. The van der Waals surface area contributed by atoms with Gasteiger partial charge in [0.2, 0.25) is 0 Å². The van der Waals surface area contributed by atoms with Gasteiger partial charge in [0.25, 0.3) is 0 Å². The highest BCUT2D eigenvalue weighted by atomic mass is 15.1. The third-order valence-corrected chi connectivity index (χ3v) is 3.47. The number of hydrogen-bond donors (Lipinski definition) is 1. The van der Waals surface area contributed by atoms with E-state index in [4.69, 9.17) is 5.73 Å². The van der Waals surface area contributed by atoms with Crippen molar-refractivity contribution in [2.45, 2.75) is 32.7 Å². The number of nitrogen functional groups attached to an aromatic ring is 1. The molecular formula is C13H20N2. The van der Waals surface area contributed by atoms with Crippen LogP contribution in [0.5, 0.6) is 0 Å². The fraction of sp³-hybridized carbons (Fsp3) is 0.538. The molecule has 1 aromatic carbocycles. The van der Waals surface area contributed by atoms with E-state index in [1.165, 1.54) is 24.0 Å².